The molecule has 1 aliphatic rings. The van der Waals surface area contributed by atoms with Gasteiger partial charge >= 0.3 is 5.97 Å². The van der Waals surface area contributed by atoms with E-state index in [2.05, 4.69) is 0 Å². The van der Waals surface area contributed by atoms with Crippen molar-refractivity contribution in [3.8, 4) is 11.1 Å². The Morgan fingerprint density at radius 3 is 2.36 bits per heavy atom. The zero-order valence-corrected chi connectivity index (χ0v) is 17.5. The van der Waals surface area contributed by atoms with E-state index in [1.54, 1.807) is 45.0 Å². The summed E-state index contributed by atoms with van der Waals surface area (Å²) in [5.41, 5.74) is 2.04. The van der Waals surface area contributed by atoms with Crippen LogP contribution in [0.1, 0.15) is 19.4 Å². The minimum absolute atomic E-state index is 0.0454. The molecule has 150 valence electrons. The lowest BCUT2D eigenvalue weighted by Crippen LogP contribution is -2.58. The van der Waals surface area contributed by atoms with Crippen LogP contribution < -0.4 is 0 Å². The van der Waals surface area contributed by atoms with Crippen LogP contribution in [0, 0.1) is 12.7 Å². The van der Waals surface area contributed by atoms with E-state index >= 15 is 0 Å². The van der Waals surface area contributed by atoms with E-state index in [0.717, 1.165) is 15.4 Å². The zero-order chi connectivity index (χ0) is 20.7. The Bertz CT molecular complexity index is 1000. The molecular weight excluding hydrogens is 401 g/mol. The molecule has 1 fully saturated rings. The molecule has 0 amide bonds. The highest BCUT2D eigenvalue weighted by atomic mass is 32.2. The van der Waals surface area contributed by atoms with Crippen LogP contribution in [-0.4, -0.2) is 46.9 Å². The minimum Gasteiger partial charge on any atom is -0.480 e. The molecule has 0 radical (unpaired) electrons. The minimum atomic E-state index is -3.96. The molecule has 1 N–H and O–H groups in total. The summed E-state index contributed by atoms with van der Waals surface area (Å²) in [6.45, 7) is 5.31. The van der Waals surface area contributed by atoms with Gasteiger partial charge in [0.2, 0.25) is 10.0 Å². The lowest BCUT2D eigenvalue weighted by Gasteiger charge is -2.42. The molecule has 8 heteroatoms. The van der Waals surface area contributed by atoms with Crippen LogP contribution in [0.4, 0.5) is 4.39 Å². The summed E-state index contributed by atoms with van der Waals surface area (Å²) in [6, 6.07) is 9.81. The molecule has 1 saturated heterocycles. The second kappa shape index (κ2) is 7.50. The number of hydrogen-bond donors (Lipinski definition) is 1. The van der Waals surface area contributed by atoms with Crippen LogP contribution in [0.25, 0.3) is 11.1 Å². The van der Waals surface area contributed by atoms with Gasteiger partial charge < -0.3 is 5.11 Å². The van der Waals surface area contributed by atoms with Crippen LogP contribution in [-0.2, 0) is 14.8 Å². The fourth-order valence-electron chi connectivity index (χ4n) is 3.41. The van der Waals surface area contributed by atoms with Gasteiger partial charge in [-0.1, -0.05) is 18.2 Å². The van der Waals surface area contributed by atoms with Crippen molar-refractivity contribution in [3.63, 3.8) is 0 Å². The summed E-state index contributed by atoms with van der Waals surface area (Å²) >= 11 is 1.46. The number of thioether (sulfide) groups is 1. The molecule has 2 aromatic carbocycles. The standard InChI is InChI=1S/C20H22FNO4S2/c1-13-12-15(6-9-17(13)21)14-4-7-16(8-5-14)28(25,26)22-10-11-27-20(2,3)18(22)19(23)24/h4-9,12,18H,10-11H2,1-3H3,(H,23,24). The van der Waals surface area contributed by atoms with Gasteiger partial charge in [-0.05, 0) is 61.7 Å². The summed E-state index contributed by atoms with van der Waals surface area (Å²) in [7, 11) is -3.96. The van der Waals surface area contributed by atoms with Crippen LogP contribution in [0.15, 0.2) is 47.4 Å². The van der Waals surface area contributed by atoms with Gasteiger partial charge in [-0.25, -0.2) is 12.8 Å². The Morgan fingerprint density at radius 2 is 1.79 bits per heavy atom. The van der Waals surface area contributed by atoms with E-state index in [0.29, 0.717) is 11.3 Å². The highest BCUT2D eigenvalue weighted by Gasteiger charge is 2.48. The summed E-state index contributed by atoms with van der Waals surface area (Å²) in [6.07, 6.45) is 0. The summed E-state index contributed by atoms with van der Waals surface area (Å²) in [4.78, 5) is 11.9. The predicted octanol–water partition coefficient (Wildman–Crippen LogP) is 3.77. The van der Waals surface area contributed by atoms with Crippen molar-refractivity contribution in [1.82, 2.24) is 4.31 Å². The highest BCUT2D eigenvalue weighted by molar-refractivity contribution is 8.00. The number of carboxylic acid groups (broad SMARTS) is 1. The maximum Gasteiger partial charge on any atom is 0.323 e. The molecule has 0 bridgehead atoms. The molecule has 0 spiro atoms. The van der Waals surface area contributed by atoms with Gasteiger partial charge in [-0.2, -0.15) is 16.1 Å². The SMILES string of the molecule is Cc1cc(-c2ccc(S(=O)(=O)N3CCSC(C)(C)C3C(=O)O)cc2)ccc1F. The van der Waals surface area contributed by atoms with Crippen molar-refractivity contribution >= 4 is 27.8 Å². The molecule has 1 unspecified atom stereocenters. The van der Waals surface area contributed by atoms with E-state index < -0.39 is 26.8 Å². The number of hydrogen-bond acceptors (Lipinski definition) is 4. The first kappa shape index (κ1) is 20.8. The molecule has 1 heterocycles. The van der Waals surface area contributed by atoms with Gasteiger partial charge in [-0.3, -0.25) is 4.79 Å². The molecule has 1 aliphatic heterocycles. The van der Waals surface area contributed by atoms with Gasteiger partial charge in [0.15, 0.2) is 0 Å². The molecule has 1 atom stereocenters. The summed E-state index contributed by atoms with van der Waals surface area (Å²) in [5, 5.41) is 9.65. The van der Waals surface area contributed by atoms with Gasteiger partial charge in [0.1, 0.15) is 11.9 Å². The number of rotatable bonds is 4. The van der Waals surface area contributed by atoms with Crippen LogP contribution in [0.5, 0.6) is 0 Å². The Hall–Kier alpha value is -1.90. The van der Waals surface area contributed by atoms with Crippen molar-refractivity contribution < 1.29 is 22.7 Å². The third-order valence-corrected chi connectivity index (χ3v) is 8.15. The number of aryl methyl sites for hydroxylation is 1. The van der Waals surface area contributed by atoms with E-state index in [-0.39, 0.29) is 17.3 Å². The van der Waals surface area contributed by atoms with Crippen LogP contribution in [0.3, 0.4) is 0 Å². The van der Waals surface area contributed by atoms with E-state index in [1.807, 2.05) is 0 Å². The van der Waals surface area contributed by atoms with Gasteiger partial charge in [-0.15, -0.1) is 0 Å². The second-order valence-electron chi connectivity index (χ2n) is 7.30. The maximum absolute atomic E-state index is 13.5. The van der Waals surface area contributed by atoms with Crippen LogP contribution in [0.2, 0.25) is 0 Å². The Balaban J connectivity index is 1.95. The van der Waals surface area contributed by atoms with Crippen molar-refractivity contribution in [2.45, 2.75) is 36.5 Å². The number of benzene rings is 2. The molecule has 0 aromatic heterocycles. The fraction of sp³-hybridized carbons (Fsp3) is 0.350. The van der Waals surface area contributed by atoms with Crippen LogP contribution >= 0.6 is 11.8 Å². The second-order valence-corrected chi connectivity index (χ2v) is 10.9. The maximum atomic E-state index is 13.5. The fourth-order valence-corrected chi connectivity index (χ4v) is 6.51. The summed E-state index contributed by atoms with van der Waals surface area (Å²) in [5.74, 6) is -0.921. The number of sulfonamides is 1. The van der Waals surface area contributed by atoms with Crippen molar-refractivity contribution in [1.29, 1.82) is 0 Å². The first-order valence-corrected chi connectivity index (χ1v) is 11.2. The molecule has 28 heavy (non-hydrogen) atoms. The lowest BCUT2D eigenvalue weighted by atomic mass is 10.0. The topological polar surface area (TPSA) is 74.7 Å². The van der Waals surface area contributed by atoms with Crippen molar-refractivity contribution in [2.24, 2.45) is 0 Å². The molecule has 2 aromatic rings. The van der Waals surface area contributed by atoms with Gasteiger partial charge in [0.25, 0.3) is 0 Å². The molecular formula is C20H22FNO4S2. The smallest absolute Gasteiger partial charge is 0.323 e. The van der Waals surface area contributed by atoms with E-state index in [9.17, 15) is 22.7 Å². The number of carbonyl (C=O) groups is 1. The molecule has 0 aliphatic carbocycles. The van der Waals surface area contributed by atoms with Crippen molar-refractivity contribution in [2.75, 3.05) is 12.3 Å². The number of halogens is 1. The summed E-state index contributed by atoms with van der Waals surface area (Å²) < 4.78 is 40.1. The average Bonchev–Trinajstić information content (AvgIpc) is 2.62. The number of carboxylic acids is 1. The zero-order valence-electron chi connectivity index (χ0n) is 15.8. The first-order valence-electron chi connectivity index (χ1n) is 8.79. The number of nitrogens with zero attached hydrogens (tertiary/aromatic N) is 1. The largest absolute Gasteiger partial charge is 0.480 e. The molecule has 0 saturated carbocycles. The average molecular weight is 424 g/mol. The predicted molar refractivity (Wildman–Crippen MR) is 108 cm³/mol. The Kier molecular flexibility index (Phi) is 5.58. The third kappa shape index (κ3) is 3.81. The van der Waals surface area contributed by atoms with Gasteiger partial charge in [0.05, 0.1) is 4.90 Å². The monoisotopic (exact) mass is 423 g/mol. The molecule has 3 rings (SSSR count). The normalized spacial score (nSPS) is 20.1. The molecule has 5 nitrogen and oxygen atoms in total. The Labute approximate surface area is 168 Å². The lowest BCUT2D eigenvalue weighted by molar-refractivity contribution is -0.142. The highest BCUT2D eigenvalue weighted by Crippen LogP contribution is 2.38. The Morgan fingerprint density at radius 1 is 1.18 bits per heavy atom. The first-order chi connectivity index (χ1) is 13.0. The quantitative estimate of drug-likeness (QED) is 0.810. The third-order valence-electron chi connectivity index (χ3n) is 4.92. The van der Waals surface area contributed by atoms with Crippen molar-refractivity contribution in [3.05, 3.63) is 53.8 Å². The number of aliphatic carboxylic acids is 1. The van der Waals surface area contributed by atoms with Gasteiger partial charge in [0, 0.05) is 17.0 Å². The van der Waals surface area contributed by atoms with E-state index in [4.69, 9.17) is 0 Å². The van der Waals surface area contributed by atoms with E-state index in [1.165, 1.54) is 30.0 Å².